The predicted octanol–water partition coefficient (Wildman–Crippen LogP) is 3.78. The largest absolute Gasteiger partial charge is 0.508 e. The molecule has 168 valence electrons. The molecular weight excluding hydrogens is 425 g/mol. The monoisotopic (exact) mass is 446 g/mol. The summed E-state index contributed by atoms with van der Waals surface area (Å²) in [6.07, 6.45) is -4.44. The molecule has 2 aromatic carbocycles. The number of carbonyl (C=O) groups is 1. The lowest BCUT2D eigenvalue weighted by Crippen LogP contribution is -2.48. The average Bonchev–Trinajstić information content (AvgIpc) is 2.76. The van der Waals surface area contributed by atoms with Gasteiger partial charge in [-0.3, -0.25) is 9.69 Å². The number of phenols is 1. The molecule has 0 aliphatic carbocycles. The number of halogens is 3. The second-order valence-electron chi connectivity index (χ2n) is 7.82. The van der Waals surface area contributed by atoms with Crippen LogP contribution in [-0.2, 0) is 12.7 Å². The number of hydrogen-bond donors (Lipinski definition) is 1. The Kier molecular flexibility index (Phi) is 5.68. The van der Waals surface area contributed by atoms with Crippen LogP contribution in [0.15, 0.2) is 51.7 Å². The van der Waals surface area contributed by atoms with E-state index in [9.17, 15) is 27.9 Å². The van der Waals surface area contributed by atoms with Crippen molar-refractivity contribution in [2.24, 2.45) is 0 Å². The first-order chi connectivity index (χ1) is 15.1. The Hall–Kier alpha value is -3.33. The molecule has 1 saturated heterocycles. The van der Waals surface area contributed by atoms with Crippen LogP contribution < -0.4 is 5.63 Å². The maximum absolute atomic E-state index is 12.7. The van der Waals surface area contributed by atoms with Gasteiger partial charge in [-0.25, -0.2) is 4.79 Å². The molecule has 6 nitrogen and oxygen atoms in total. The second kappa shape index (κ2) is 8.31. The Morgan fingerprint density at radius 2 is 1.72 bits per heavy atom. The smallest absolute Gasteiger partial charge is 0.416 e. The van der Waals surface area contributed by atoms with Gasteiger partial charge < -0.3 is 14.4 Å². The van der Waals surface area contributed by atoms with Crippen molar-refractivity contribution in [1.29, 1.82) is 0 Å². The zero-order valence-electron chi connectivity index (χ0n) is 17.3. The number of aromatic hydroxyl groups is 1. The number of hydrogen-bond acceptors (Lipinski definition) is 5. The van der Waals surface area contributed by atoms with E-state index in [1.54, 1.807) is 24.0 Å². The van der Waals surface area contributed by atoms with Crippen molar-refractivity contribution < 1.29 is 27.5 Å². The van der Waals surface area contributed by atoms with Crippen molar-refractivity contribution in [3.05, 3.63) is 75.1 Å². The van der Waals surface area contributed by atoms with Crippen LogP contribution >= 0.6 is 0 Å². The summed E-state index contributed by atoms with van der Waals surface area (Å²) in [6, 6.07) is 8.92. The maximum Gasteiger partial charge on any atom is 0.416 e. The summed E-state index contributed by atoms with van der Waals surface area (Å²) in [5.74, 6) is -0.261. The minimum Gasteiger partial charge on any atom is -0.508 e. The normalized spacial score (nSPS) is 15.3. The average molecular weight is 446 g/mol. The van der Waals surface area contributed by atoms with Crippen molar-refractivity contribution in [2.75, 3.05) is 26.2 Å². The highest BCUT2D eigenvalue weighted by Gasteiger charge is 2.31. The van der Waals surface area contributed by atoms with Gasteiger partial charge in [-0.05, 0) is 48.9 Å². The summed E-state index contributed by atoms with van der Waals surface area (Å²) in [7, 11) is 0. The highest BCUT2D eigenvalue weighted by molar-refractivity contribution is 5.94. The zero-order chi connectivity index (χ0) is 23.0. The molecule has 0 spiro atoms. The van der Waals surface area contributed by atoms with Crippen LogP contribution in [0, 0.1) is 6.92 Å². The van der Waals surface area contributed by atoms with Crippen LogP contribution in [0.1, 0.15) is 27.0 Å². The first-order valence-electron chi connectivity index (χ1n) is 10.1. The van der Waals surface area contributed by atoms with Crippen LogP contribution in [0.2, 0.25) is 0 Å². The van der Waals surface area contributed by atoms with E-state index in [1.165, 1.54) is 18.2 Å². The van der Waals surface area contributed by atoms with Crippen LogP contribution in [0.25, 0.3) is 11.0 Å². The Morgan fingerprint density at radius 1 is 1.06 bits per heavy atom. The molecule has 32 heavy (non-hydrogen) atoms. The standard InChI is InChI=1S/C23H21F3N2O4/c1-14-19(29)7-6-18-16(12-20(30)32-21(14)18)13-27-8-10-28(11-9-27)22(31)15-2-4-17(5-3-15)23(24,25)26/h2-7,12,29H,8-11,13H2,1H3. The number of benzene rings is 2. The quantitative estimate of drug-likeness (QED) is 0.620. The molecule has 9 heteroatoms. The van der Waals surface area contributed by atoms with E-state index in [0.717, 1.165) is 23.1 Å². The van der Waals surface area contributed by atoms with E-state index in [4.69, 9.17) is 4.42 Å². The molecule has 0 atom stereocenters. The van der Waals surface area contributed by atoms with Gasteiger partial charge in [-0.2, -0.15) is 13.2 Å². The van der Waals surface area contributed by atoms with Crippen LogP contribution in [0.5, 0.6) is 5.75 Å². The van der Waals surface area contributed by atoms with Crippen LogP contribution in [0.4, 0.5) is 13.2 Å². The van der Waals surface area contributed by atoms with Crippen molar-refractivity contribution in [2.45, 2.75) is 19.6 Å². The topological polar surface area (TPSA) is 74.0 Å². The molecule has 0 saturated carbocycles. The van der Waals surface area contributed by atoms with Gasteiger partial charge in [-0.15, -0.1) is 0 Å². The van der Waals surface area contributed by atoms with E-state index in [2.05, 4.69) is 4.90 Å². The molecule has 3 aromatic rings. The van der Waals surface area contributed by atoms with Gasteiger partial charge in [0.1, 0.15) is 11.3 Å². The molecule has 0 radical (unpaired) electrons. The molecule has 1 aromatic heterocycles. The number of piperazine rings is 1. The third-order valence-corrected chi connectivity index (χ3v) is 5.73. The van der Waals surface area contributed by atoms with Crippen LogP contribution in [-0.4, -0.2) is 47.0 Å². The first kappa shape index (κ1) is 21.9. The van der Waals surface area contributed by atoms with E-state index in [0.29, 0.717) is 43.9 Å². The van der Waals surface area contributed by atoms with E-state index in [1.807, 2.05) is 0 Å². The van der Waals surface area contributed by atoms with Crippen LogP contribution in [0.3, 0.4) is 0 Å². The first-order valence-corrected chi connectivity index (χ1v) is 10.1. The molecule has 1 N–H and O–H groups in total. The predicted molar refractivity (Wildman–Crippen MR) is 112 cm³/mol. The summed E-state index contributed by atoms with van der Waals surface area (Å²) >= 11 is 0. The molecule has 1 amide bonds. The van der Waals surface area contributed by atoms with Crippen molar-refractivity contribution in [3.63, 3.8) is 0 Å². The Morgan fingerprint density at radius 3 is 2.34 bits per heavy atom. The highest BCUT2D eigenvalue weighted by Crippen LogP contribution is 2.30. The van der Waals surface area contributed by atoms with Gasteiger partial charge >= 0.3 is 11.8 Å². The molecule has 2 heterocycles. The van der Waals surface area contributed by atoms with Gasteiger partial charge in [-0.1, -0.05) is 0 Å². The number of alkyl halides is 3. The summed E-state index contributed by atoms with van der Waals surface area (Å²) < 4.78 is 43.4. The SMILES string of the molecule is Cc1c(O)ccc2c(CN3CCN(C(=O)c4ccc(C(F)(F)F)cc4)CC3)cc(=O)oc12. The number of rotatable bonds is 3. The fourth-order valence-electron chi connectivity index (χ4n) is 3.88. The number of aryl methyl sites for hydroxylation is 1. The van der Waals surface area contributed by atoms with E-state index >= 15 is 0 Å². The van der Waals surface area contributed by atoms with Gasteiger partial charge in [0.25, 0.3) is 5.91 Å². The van der Waals surface area contributed by atoms with Gasteiger partial charge in [0, 0.05) is 55.3 Å². The van der Waals surface area contributed by atoms with E-state index < -0.39 is 17.4 Å². The number of nitrogens with zero attached hydrogens (tertiary/aromatic N) is 2. The molecule has 4 rings (SSSR count). The molecule has 0 unspecified atom stereocenters. The fraction of sp³-hybridized carbons (Fsp3) is 0.304. The lowest BCUT2D eigenvalue weighted by molar-refractivity contribution is -0.137. The van der Waals surface area contributed by atoms with Crippen molar-refractivity contribution in [3.8, 4) is 5.75 Å². The lowest BCUT2D eigenvalue weighted by atomic mass is 10.1. The summed E-state index contributed by atoms with van der Waals surface area (Å²) in [5.41, 5.74) is 0.534. The highest BCUT2D eigenvalue weighted by atomic mass is 19.4. The van der Waals surface area contributed by atoms with Gasteiger partial charge in [0.05, 0.1) is 5.56 Å². The van der Waals surface area contributed by atoms with Gasteiger partial charge in [0.15, 0.2) is 0 Å². The lowest BCUT2D eigenvalue weighted by Gasteiger charge is -2.35. The van der Waals surface area contributed by atoms with Crippen molar-refractivity contribution in [1.82, 2.24) is 9.80 Å². The molecule has 1 aliphatic heterocycles. The number of carbonyl (C=O) groups excluding carboxylic acids is 1. The Bertz CT molecular complexity index is 1210. The number of fused-ring (bicyclic) bond motifs is 1. The zero-order valence-corrected chi connectivity index (χ0v) is 17.3. The third-order valence-electron chi connectivity index (χ3n) is 5.73. The summed E-state index contributed by atoms with van der Waals surface area (Å²) in [4.78, 5) is 28.4. The second-order valence-corrected chi connectivity index (χ2v) is 7.82. The third kappa shape index (κ3) is 4.34. The maximum atomic E-state index is 12.7. The Balaban J connectivity index is 1.44. The Labute approximate surface area is 181 Å². The molecular formula is C23H21F3N2O4. The number of amides is 1. The summed E-state index contributed by atoms with van der Waals surface area (Å²) in [6.45, 7) is 4.07. The minimum atomic E-state index is -4.44. The molecule has 1 fully saturated rings. The summed E-state index contributed by atoms with van der Waals surface area (Å²) in [5, 5.41) is 10.6. The number of phenolic OH excluding ortho intramolecular Hbond substituents is 1. The van der Waals surface area contributed by atoms with E-state index in [-0.39, 0.29) is 17.2 Å². The fourth-order valence-corrected chi connectivity index (χ4v) is 3.88. The van der Waals surface area contributed by atoms with Gasteiger partial charge in [0.2, 0.25) is 0 Å². The molecule has 0 bridgehead atoms. The minimum absolute atomic E-state index is 0.0493. The molecule has 1 aliphatic rings. The van der Waals surface area contributed by atoms with Crippen molar-refractivity contribution >= 4 is 16.9 Å².